The van der Waals surface area contributed by atoms with Crippen molar-refractivity contribution in [3.63, 3.8) is 0 Å². The minimum atomic E-state index is -0.431. The Morgan fingerprint density at radius 1 is 1.40 bits per heavy atom. The summed E-state index contributed by atoms with van der Waals surface area (Å²) in [6.07, 6.45) is 2.10. The summed E-state index contributed by atoms with van der Waals surface area (Å²) in [5, 5.41) is 0. The van der Waals surface area contributed by atoms with E-state index in [0.717, 1.165) is 12.8 Å². The minimum Gasteiger partial charge on any atom is -0.462 e. The molecule has 1 fully saturated rings. The molecule has 0 saturated heterocycles. The van der Waals surface area contributed by atoms with Crippen molar-refractivity contribution in [2.45, 2.75) is 45.3 Å². The average Bonchev–Trinajstić information content (AvgIpc) is 2.92. The maximum absolute atomic E-state index is 11.3. The zero-order chi connectivity index (χ0) is 11.5. The number of carbonyl (C=O) groups excluding carboxylic acids is 1. The average molecular weight is 215 g/mol. The van der Waals surface area contributed by atoms with E-state index >= 15 is 0 Å². The van der Waals surface area contributed by atoms with Crippen molar-refractivity contribution in [1.29, 1.82) is 0 Å². The fraction of sp³-hybridized carbons (Fsp3) is 0.909. The smallest absolute Gasteiger partial charge is 0.323 e. The first-order chi connectivity index (χ1) is 6.90. The van der Waals surface area contributed by atoms with Gasteiger partial charge in [0, 0.05) is 0 Å². The summed E-state index contributed by atoms with van der Waals surface area (Å²) < 4.78 is 10.4. The Morgan fingerprint density at radius 3 is 2.47 bits per heavy atom. The van der Waals surface area contributed by atoms with Crippen molar-refractivity contribution in [2.75, 3.05) is 13.2 Å². The van der Waals surface area contributed by atoms with Gasteiger partial charge in [0.25, 0.3) is 0 Å². The predicted molar refractivity (Wildman–Crippen MR) is 57.4 cm³/mol. The van der Waals surface area contributed by atoms with Crippen LogP contribution in [-0.4, -0.2) is 30.8 Å². The Balaban J connectivity index is 2.06. The molecular formula is C11H21NO3. The highest BCUT2D eigenvalue weighted by atomic mass is 16.6. The molecule has 0 amide bonds. The fourth-order valence-corrected chi connectivity index (χ4v) is 1.23. The van der Waals surface area contributed by atoms with Crippen molar-refractivity contribution in [3.8, 4) is 0 Å². The maximum Gasteiger partial charge on any atom is 0.323 e. The summed E-state index contributed by atoms with van der Waals surface area (Å²) in [7, 11) is 0. The van der Waals surface area contributed by atoms with Crippen LogP contribution in [0.1, 0.15) is 33.6 Å². The molecule has 0 spiro atoms. The first-order valence-corrected chi connectivity index (χ1v) is 5.46. The van der Waals surface area contributed by atoms with E-state index in [0.29, 0.717) is 12.5 Å². The molecule has 1 unspecified atom stereocenters. The van der Waals surface area contributed by atoms with E-state index in [1.54, 1.807) is 0 Å². The summed E-state index contributed by atoms with van der Waals surface area (Å²) in [5.74, 6) is 0.0519. The normalized spacial score (nSPS) is 18.7. The van der Waals surface area contributed by atoms with Gasteiger partial charge in [0.1, 0.15) is 12.6 Å². The quantitative estimate of drug-likeness (QED) is 0.550. The van der Waals surface area contributed by atoms with E-state index in [9.17, 15) is 4.79 Å². The van der Waals surface area contributed by atoms with Gasteiger partial charge in [0.15, 0.2) is 0 Å². The lowest BCUT2D eigenvalue weighted by atomic mass is 10.2. The molecule has 1 aliphatic carbocycles. The molecule has 1 atom stereocenters. The standard InChI is InChI=1S/C11H21NO3/c1-11(2,3)15-7-6-14-10(13)9(12)8-4-5-8/h8-9H,4-7,12H2,1-3H3. The first-order valence-electron chi connectivity index (χ1n) is 5.46. The molecule has 1 aliphatic rings. The monoisotopic (exact) mass is 215 g/mol. The number of carbonyl (C=O) groups is 1. The zero-order valence-corrected chi connectivity index (χ0v) is 9.79. The Bertz CT molecular complexity index is 218. The Morgan fingerprint density at radius 2 is 2.00 bits per heavy atom. The van der Waals surface area contributed by atoms with Crippen LogP contribution in [0.5, 0.6) is 0 Å². The minimum absolute atomic E-state index is 0.189. The van der Waals surface area contributed by atoms with Gasteiger partial charge in [0.05, 0.1) is 12.2 Å². The predicted octanol–water partition coefficient (Wildman–Crippen LogP) is 1.08. The second kappa shape index (κ2) is 4.94. The summed E-state index contributed by atoms with van der Waals surface area (Å²) >= 11 is 0. The van der Waals surface area contributed by atoms with Crippen LogP contribution in [-0.2, 0) is 14.3 Å². The van der Waals surface area contributed by atoms with Gasteiger partial charge in [-0.05, 0) is 39.5 Å². The maximum atomic E-state index is 11.3. The van der Waals surface area contributed by atoms with Crippen LogP contribution in [0, 0.1) is 5.92 Å². The van der Waals surface area contributed by atoms with Crippen molar-refractivity contribution in [2.24, 2.45) is 11.7 Å². The molecule has 4 heteroatoms. The Labute approximate surface area is 91.1 Å². The van der Waals surface area contributed by atoms with Crippen LogP contribution in [0.15, 0.2) is 0 Å². The molecule has 4 nitrogen and oxygen atoms in total. The van der Waals surface area contributed by atoms with Gasteiger partial charge in [-0.3, -0.25) is 4.79 Å². The fourth-order valence-electron chi connectivity index (χ4n) is 1.23. The van der Waals surface area contributed by atoms with Gasteiger partial charge in [-0.15, -0.1) is 0 Å². The third kappa shape index (κ3) is 5.14. The van der Waals surface area contributed by atoms with E-state index < -0.39 is 6.04 Å². The summed E-state index contributed by atoms with van der Waals surface area (Å²) in [6.45, 7) is 6.60. The number of hydrogen-bond donors (Lipinski definition) is 1. The molecule has 0 aromatic rings. The molecule has 88 valence electrons. The molecule has 1 rings (SSSR count). The lowest BCUT2D eigenvalue weighted by Crippen LogP contribution is -2.35. The van der Waals surface area contributed by atoms with E-state index in [2.05, 4.69) is 0 Å². The Hall–Kier alpha value is -0.610. The van der Waals surface area contributed by atoms with Crippen molar-refractivity contribution in [1.82, 2.24) is 0 Å². The second-order valence-electron chi connectivity index (χ2n) is 4.99. The van der Waals surface area contributed by atoms with Gasteiger partial charge < -0.3 is 15.2 Å². The van der Waals surface area contributed by atoms with E-state index in [1.807, 2.05) is 20.8 Å². The van der Waals surface area contributed by atoms with Crippen LogP contribution >= 0.6 is 0 Å². The molecule has 15 heavy (non-hydrogen) atoms. The summed E-state index contributed by atoms with van der Waals surface area (Å²) in [5.41, 5.74) is 5.49. The van der Waals surface area contributed by atoms with Crippen molar-refractivity contribution in [3.05, 3.63) is 0 Å². The van der Waals surface area contributed by atoms with Crippen molar-refractivity contribution >= 4 is 5.97 Å². The number of rotatable bonds is 5. The highest BCUT2D eigenvalue weighted by Gasteiger charge is 2.34. The lowest BCUT2D eigenvalue weighted by Gasteiger charge is -2.19. The lowest BCUT2D eigenvalue weighted by molar-refractivity contribution is -0.148. The first kappa shape index (κ1) is 12.5. The number of nitrogens with two attached hydrogens (primary N) is 1. The zero-order valence-electron chi connectivity index (χ0n) is 9.79. The van der Waals surface area contributed by atoms with E-state index in [4.69, 9.17) is 15.2 Å². The van der Waals surface area contributed by atoms with Crippen LogP contribution in [0.2, 0.25) is 0 Å². The second-order valence-corrected chi connectivity index (χ2v) is 4.99. The van der Waals surface area contributed by atoms with Crippen molar-refractivity contribution < 1.29 is 14.3 Å². The van der Waals surface area contributed by atoms with Gasteiger partial charge in [-0.1, -0.05) is 0 Å². The van der Waals surface area contributed by atoms with Gasteiger partial charge in [-0.25, -0.2) is 0 Å². The highest BCUT2D eigenvalue weighted by molar-refractivity contribution is 5.76. The van der Waals surface area contributed by atoms with Crippen LogP contribution < -0.4 is 5.73 Å². The summed E-state index contributed by atoms with van der Waals surface area (Å²) in [6, 6.07) is -0.431. The number of esters is 1. The summed E-state index contributed by atoms with van der Waals surface area (Å²) in [4.78, 5) is 11.3. The van der Waals surface area contributed by atoms with Gasteiger partial charge in [-0.2, -0.15) is 0 Å². The molecule has 0 radical (unpaired) electrons. The Kier molecular flexibility index (Phi) is 4.11. The van der Waals surface area contributed by atoms with E-state index in [1.165, 1.54) is 0 Å². The number of ether oxygens (including phenoxy) is 2. The van der Waals surface area contributed by atoms with Crippen LogP contribution in [0.4, 0.5) is 0 Å². The molecule has 0 aromatic heterocycles. The molecule has 0 aliphatic heterocycles. The van der Waals surface area contributed by atoms with Gasteiger partial charge in [0.2, 0.25) is 0 Å². The highest BCUT2D eigenvalue weighted by Crippen LogP contribution is 2.31. The molecule has 0 aromatic carbocycles. The van der Waals surface area contributed by atoms with E-state index in [-0.39, 0.29) is 18.2 Å². The topological polar surface area (TPSA) is 61.5 Å². The third-order valence-corrected chi connectivity index (χ3v) is 2.26. The molecule has 0 heterocycles. The largest absolute Gasteiger partial charge is 0.462 e. The third-order valence-electron chi connectivity index (χ3n) is 2.26. The molecule has 2 N–H and O–H groups in total. The molecular weight excluding hydrogens is 194 g/mol. The SMILES string of the molecule is CC(C)(C)OCCOC(=O)C(N)C1CC1. The van der Waals surface area contributed by atoms with Crippen LogP contribution in [0.25, 0.3) is 0 Å². The van der Waals surface area contributed by atoms with Gasteiger partial charge >= 0.3 is 5.97 Å². The molecule has 1 saturated carbocycles. The molecule has 0 bridgehead atoms. The van der Waals surface area contributed by atoms with Crippen LogP contribution in [0.3, 0.4) is 0 Å². The number of hydrogen-bond acceptors (Lipinski definition) is 4.